The molecule has 6 nitrogen and oxygen atoms in total. The van der Waals surface area contributed by atoms with Crippen LogP contribution in [-0.4, -0.2) is 61.2 Å². The van der Waals surface area contributed by atoms with Crippen molar-refractivity contribution < 1.29 is 19.4 Å². The molecular formula is C34H36N2O4. The molecular weight excluding hydrogens is 500 g/mol. The van der Waals surface area contributed by atoms with Gasteiger partial charge < -0.3 is 19.5 Å². The lowest BCUT2D eigenvalue weighted by Crippen LogP contribution is -2.50. The van der Waals surface area contributed by atoms with Crippen LogP contribution in [0.4, 0.5) is 0 Å². The second-order valence-electron chi connectivity index (χ2n) is 10.1. The fourth-order valence-electron chi connectivity index (χ4n) is 5.65. The zero-order valence-corrected chi connectivity index (χ0v) is 23.1. The summed E-state index contributed by atoms with van der Waals surface area (Å²) >= 11 is 0. The number of hydrogen-bond acceptors (Lipinski definition) is 5. The molecule has 1 heterocycles. The van der Waals surface area contributed by atoms with Crippen molar-refractivity contribution in [3.63, 3.8) is 0 Å². The number of phenols is 1. The van der Waals surface area contributed by atoms with Gasteiger partial charge in [-0.15, -0.1) is 0 Å². The summed E-state index contributed by atoms with van der Waals surface area (Å²) in [6, 6.07) is 34.5. The molecule has 1 aliphatic heterocycles. The molecule has 6 heteroatoms. The molecule has 206 valence electrons. The van der Waals surface area contributed by atoms with Crippen LogP contribution >= 0.6 is 0 Å². The Hall–Kier alpha value is -4.29. The van der Waals surface area contributed by atoms with E-state index in [0.717, 1.165) is 35.3 Å². The van der Waals surface area contributed by atoms with Crippen molar-refractivity contribution in [1.82, 2.24) is 9.80 Å². The lowest BCUT2D eigenvalue weighted by molar-refractivity contribution is -0.133. The monoisotopic (exact) mass is 536 g/mol. The average Bonchev–Trinajstić information content (AvgIpc) is 3.02. The summed E-state index contributed by atoms with van der Waals surface area (Å²) in [4.78, 5) is 18.0. The minimum atomic E-state index is -0.0803. The summed E-state index contributed by atoms with van der Waals surface area (Å²) in [5, 5.41) is 10.5. The second kappa shape index (κ2) is 12.7. The van der Waals surface area contributed by atoms with Crippen molar-refractivity contribution in [2.45, 2.75) is 18.4 Å². The molecule has 0 aromatic heterocycles. The molecule has 1 atom stereocenters. The summed E-state index contributed by atoms with van der Waals surface area (Å²) < 4.78 is 10.9. The van der Waals surface area contributed by atoms with Crippen molar-refractivity contribution in [3.8, 4) is 17.2 Å². The van der Waals surface area contributed by atoms with Crippen molar-refractivity contribution in [1.29, 1.82) is 0 Å². The molecule has 1 saturated heterocycles. The maximum absolute atomic E-state index is 13.6. The van der Waals surface area contributed by atoms with Crippen LogP contribution in [0.2, 0.25) is 0 Å². The van der Waals surface area contributed by atoms with Crippen molar-refractivity contribution in [2.24, 2.45) is 0 Å². The molecule has 0 bridgehead atoms. The Morgan fingerprint density at radius 2 is 1.15 bits per heavy atom. The molecule has 0 spiro atoms. The fraction of sp³-hybridized carbons (Fsp3) is 0.265. The summed E-state index contributed by atoms with van der Waals surface area (Å²) in [5.41, 5.74) is 4.40. The Balaban J connectivity index is 1.35. The Kier molecular flexibility index (Phi) is 8.67. The van der Waals surface area contributed by atoms with E-state index in [9.17, 15) is 9.90 Å². The van der Waals surface area contributed by atoms with E-state index in [2.05, 4.69) is 41.3 Å². The van der Waals surface area contributed by atoms with Crippen molar-refractivity contribution >= 4 is 5.91 Å². The molecule has 5 rings (SSSR count). The SMILES string of the molecule is COc1cc(C(c2ccccc2)N2CCN(C(=O)CC(c3ccccc3)c3ccccc3)CC2)cc(OC)c1O. The number of methoxy groups -OCH3 is 2. The number of carbonyl (C=O) groups is 1. The third-order valence-corrected chi connectivity index (χ3v) is 7.75. The fourth-order valence-corrected chi connectivity index (χ4v) is 5.65. The first kappa shape index (κ1) is 27.3. The number of hydrogen-bond donors (Lipinski definition) is 1. The molecule has 1 fully saturated rings. The molecule has 1 N–H and O–H groups in total. The van der Waals surface area contributed by atoms with Crippen LogP contribution in [0.25, 0.3) is 0 Å². The van der Waals surface area contributed by atoms with Gasteiger partial charge in [0.15, 0.2) is 11.5 Å². The lowest BCUT2D eigenvalue weighted by atomic mass is 9.88. The van der Waals surface area contributed by atoms with Gasteiger partial charge in [0.25, 0.3) is 0 Å². The van der Waals surface area contributed by atoms with Crippen LogP contribution in [0.5, 0.6) is 17.2 Å². The molecule has 0 saturated carbocycles. The standard InChI is InChI=1S/C34H36N2O4/c1-39-30-22-28(23-31(40-2)34(30)38)33(27-16-10-5-11-17-27)36-20-18-35(19-21-36)32(37)24-29(25-12-6-3-7-13-25)26-14-8-4-9-15-26/h3-17,22-23,29,33,38H,18-21,24H2,1-2H3. The van der Waals surface area contributed by atoms with Gasteiger partial charge in [0, 0.05) is 38.5 Å². The van der Waals surface area contributed by atoms with Gasteiger partial charge in [-0.05, 0) is 34.4 Å². The molecule has 1 aliphatic rings. The highest BCUT2D eigenvalue weighted by atomic mass is 16.5. The average molecular weight is 537 g/mol. The molecule has 1 unspecified atom stereocenters. The predicted molar refractivity (Wildman–Crippen MR) is 157 cm³/mol. The summed E-state index contributed by atoms with van der Waals surface area (Å²) in [7, 11) is 3.08. The first-order valence-electron chi connectivity index (χ1n) is 13.7. The summed E-state index contributed by atoms with van der Waals surface area (Å²) in [6.45, 7) is 2.73. The number of piperazine rings is 1. The first-order valence-corrected chi connectivity index (χ1v) is 13.7. The molecule has 40 heavy (non-hydrogen) atoms. The number of ether oxygens (including phenoxy) is 2. The molecule has 0 aliphatic carbocycles. The minimum Gasteiger partial charge on any atom is -0.502 e. The lowest BCUT2D eigenvalue weighted by Gasteiger charge is -2.40. The molecule has 4 aromatic rings. The largest absolute Gasteiger partial charge is 0.502 e. The van der Waals surface area contributed by atoms with Crippen LogP contribution in [0, 0.1) is 0 Å². The Morgan fingerprint density at radius 3 is 1.60 bits per heavy atom. The van der Waals surface area contributed by atoms with Gasteiger partial charge in [-0.2, -0.15) is 0 Å². The number of amides is 1. The van der Waals surface area contributed by atoms with Crippen LogP contribution in [-0.2, 0) is 4.79 Å². The highest BCUT2D eigenvalue weighted by molar-refractivity contribution is 5.78. The zero-order valence-electron chi connectivity index (χ0n) is 23.1. The number of rotatable bonds is 9. The van der Waals surface area contributed by atoms with E-state index in [0.29, 0.717) is 31.0 Å². The van der Waals surface area contributed by atoms with E-state index in [-0.39, 0.29) is 23.6 Å². The molecule has 0 radical (unpaired) electrons. The number of phenolic OH excluding ortho intramolecular Hbond substituents is 1. The number of nitrogens with zero attached hydrogens (tertiary/aromatic N) is 2. The van der Waals surface area contributed by atoms with Gasteiger partial charge in [0.05, 0.1) is 20.3 Å². The third-order valence-electron chi connectivity index (χ3n) is 7.75. The van der Waals surface area contributed by atoms with Crippen LogP contribution in [0.3, 0.4) is 0 Å². The van der Waals surface area contributed by atoms with Gasteiger partial charge >= 0.3 is 0 Å². The van der Waals surface area contributed by atoms with E-state index in [1.165, 1.54) is 0 Å². The van der Waals surface area contributed by atoms with Crippen LogP contribution in [0.15, 0.2) is 103 Å². The highest BCUT2D eigenvalue weighted by Gasteiger charge is 2.31. The third kappa shape index (κ3) is 5.97. The minimum absolute atomic E-state index is 0.0117. The first-order chi connectivity index (χ1) is 19.6. The Bertz CT molecular complexity index is 1320. The van der Waals surface area contributed by atoms with E-state index >= 15 is 0 Å². The highest BCUT2D eigenvalue weighted by Crippen LogP contribution is 2.41. The zero-order chi connectivity index (χ0) is 27.9. The van der Waals surface area contributed by atoms with E-state index in [1.807, 2.05) is 71.6 Å². The van der Waals surface area contributed by atoms with E-state index in [4.69, 9.17) is 9.47 Å². The number of benzene rings is 4. The van der Waals surface area contributed by atoms with E-state index < -0.39 is 0 Å². The van der Waals surface area contributed by atoms with Crippen molar-refractivity contribution in [3.05, 3.63) is 125 Å². The maximum atomic E-state index is 13.6. The van der Waals surface area contributed by atoms with E-state index in [1.54, 1.807) is 14.2 Å². The van der Waals surface area contributed by atoms with Gasteiger partial charge in [0.1, 0.15) is 0 Å². The Morgan fingerprint density at radius 1 is 0.700 bits per heavy atom. The van der Waals surface area contributed by atoms with Crippen LogP contribution < -0.4 is 9.47 Å². The summed E-state index contributed by atoms with van der Waals surface area (Å²) in [6.07, 6.45) is 0.433. The van der Waals surface area contributed by atoms with Crippen LogP contribution in [0.1, 0.15) is 40.6 Å². The second-order valence-corrected chi connectivity index (χ2v) is 10.1. The number of carbonyl (C=O) groups excluding carboxylic acids is 1. The Labute approximate surface area is 236 Å². The van der Waals surface area contributed by atoms with Gasteiger partial charge in [0.2, 0.25) is 11.7 Å². The molecule has 4 aromatic carbocycles. The van der Waals surface area contributed by atoms with Gasteiger partial charge in [-0.3, -0.25) is 9.69 Å². The van der Waals surface area contributed by atoms with Gasteiger partial charge in [-0.25, -0.2) is 0 Å². The predicted octanol–water partition coefficient (Wildman–Crippen LogP) is 5.87. The smallest absolute Gasteiger partial charge is 0.223 e. The number of aromatic hydroxyl groups is 1. The topological polar surface area (TPSA) is 62.2 Å². The summed E-state index contributed by atoms with van der Waals surface area (Å²) in [5.74, 6) is 0.916. The molecule has 1 amide bonds. The van der Waals surface area contributed by atoms with Gasteiger partial charge in [-0.1, -0.05) is 91.0 Å². The quantitative estimate of drug-likeness (QED) is 0.290. The normalized spacial score (nSPS) is 14.6. The maximum Gasteiger partial charge on any atom is 0.223 e. The van der Waals surface area contributed by atoms with Crippen molar-refractivity contribution in [2.75, 3.05) is 40.4 Å².